The van der Waals surface area contributed by atoms with Gasteiger partial charge in [-0.2, -0.15) is 5.10 Å². The largest absolute Gasteiger partial charge is 0.507 e. The van der Waals surface area contributed by atoms with Crippen LogP contribution in [0, 0.1) is 0 Å². The van der Waals surface area contributed by atoms with E-state index in [-0.39, 0.29) is 16.6 Å². The monoisotopic (exact) mass is 364 g/mol. The van der Waals surface area contributed by atoms with Crippen LogP contribution in [0.4, 0.5) is 0 Å². The molecule has 3 N–H and O–H groups in total. The highest BCUT2D eigenvalue weighted by molar-refractivity contribution is 5.82. The number of carboxylic acid groups (broad SMARTS) is 2. The number of carbonyl (C=O) groups is 2. The molecule has 0 fully saturated rings. The molecule has 0 unspecified atom stereocenters. The van der Waals surface area contributed by atoms with Crippen LogP contribution < -0.4 is 0 Å². The van der Waals surface area contributed by atoms with Crippen molar-refractivity contribution < 1.29 is 24.9 Å². The van der Waals surface area contributed by atoms with E-state index in [0.29, 0.717) is 5.56 Å². The zero-order valence-corrected chi connectivity index (χ0v) is 16.2. The van der Waals surface area contributed by atoms with Crippen molar-refractivity contribution in [3.8, 4) is 5.75 Å². The van der Waals surface area contributed by atoms with Gasteiger partial charge in [0.15, 0.2) is 0 Å². The lowest BCUT2D eigenvalue weighted by atomic mass is 9.78. The van der Waals surface area contributed by atoms with E-state index in [1.165, 1.54) is 6.21 Å². The highest BCUT2D eigenvalue weighted by Gasteiger charge is 2.26. The summed E-state index contributed by atoms with van der Waals surface area (Å²) in [6, 6.07) is 3.57. The number of hydrogen-bond donors (Lipinski definition) is 3. The molecule has 0 aromatic heterocycles. The van der Waals surface area contributed by atoms with Crippen LogP contribution in [0.1, 0.15) is 58.2 Å². The van der Waals surface area contributed by atoms with Gasteiger partial charge >= 0.3 is 11.9 Å². The molecule has 0 amide bonds. The summed E-state index contributed by atoms with van der Waals surface area (Å²) >= 11 is 0. The normalized spacial score (nSPS) is 12.4. The molecule has 0 bridgehead atoms. The molecule has 144 valence electrons. The second-order valence-corrected chi connectivity index (χ2v) is 8.32. The maximum atomic E-state index is 10.9. The lowest BCUT2D eigenvalue weighted by Crippen LogP contribution is -2.30. The van der Waals surface area contributed by atoms with Gasteiger partial charge in [0.2, 0.25) is 0 Å². The van der Waals surface area contributed by atoms with Gasteiger partial charge in [0.1, 0.15) is 18.8 Å². The second kappa shape index (κ2) is 7.76. The minimum atomic E-state index is -1.17. The van der Waals surface area contributed by atoms with Crippen molar-refractivity contribution in [1.29, 1.82) is 0 Å². The van der Waals surface area contributed by atoms with Crippen molar-refractivity contribution in [3.63, 3.8) is 0 Å². The van der Waals surface area contributed by atoms with Crippen LogP contribution in [0.15, 0.2) is 17.2 Å². The summed E-state index contributed by atoms with van der Waals surface area (Å²) in [6.45, 7) is 10.9. The molecule has 1 aromatic carbocycles. The first-order chi connectivity index (χ1) is 11.7. The molecule has 1 aromatic rings. The summed E-state index contributed by atoms with van der Waals surface area (Å²) in [5, 5.41) is 33.4. The van der Waals surface area contributed by atoms with Crippen molar-refractivity contribution in [2.45, 2.75) is 52.4 Å². The van der Waals surface area contributed by atoms with Crippen LogP contribution in [0.2, 0.25) is 0 Å². The molecule has 0 atom stereocenters. The smallest absolute Gasteiger partial charge is 0.324 e. The number of phenolic OH excluding ortho intramolecular Hbond substituents is 1. The van der Waals surface area contributed by atoms with Crippen molar-refractivity contribution in [1.82, 2.24) is 5.01 Å². The van der Waals surface area contributed by atoms with Crippen molar-refractivity contribution >= 4 is 18.2 Å². The number of hydrazone groups is 1. The number of aliphatic carboxylic acids is 2. The topological polar surface area (TPSA) is 110 Å². The summed E-state index contributed by atoms with van der Waals surface area (Å²) in [5.41, 5.74) is 1.54. The molecule has 7 nitrogen and oxygen atoms in total. The van der Waals surface area contributed by atoms with Gasteiger partial charge < -0.3 is 15.3 Å². The zero-order valence-electron chi connectivity index (χ0n) is 16.2. The molecule has 0 aliphatic heterocycles. The maximum absolute atomic E-state index is 10.9. The third-order valence-corrected chi connectivity index (χ3v) is 3.75. The van der Waals surface area contributed by atoms with Gasteiger partial charge in [-0.05, 0) is 28.5 Å². The molecular formula is C19H28N2O5. The quantitative estimate of drug-likeness (QED) is 0.529. The van der Waals surface area contributed by atoms with Gasteiger partial charge in [-0.3, -0.25) is 14.6 Å². The molecule has 0 aliphatic carbocycles. The Balaban J connectivity index is 3.38. The van der Waals surface area contributed by atoms with Crippen molar-refractivity contribution in [2.24, 2.45) is 5.10 Å². The van der Waals surface area contributed by atoms with Gasteiger partial charge in [0.05, 0.1) is 6.21 Å². The molecule has 0 spiro atoms. The first-order valence-corrected chi connectivity index (χ1v) is 8.32. The first-order valence-electron chi connectivity index (χ1n) is 8.32. The van der Waals surface area contributed by atoms with Gasteiger partial charge in [-0.1, -0.05) is 41.5 Å². The zero-order chi connectivity index (χ0) is 20.3. The van der Waals surface area contributed by atoms with Gasteiger partial charge in [0.25, 0.3) is 0 Å². The number of phenols is 1. The van der Waals surface area contributed by atoms with E-state index in [0.717, 1.165) is 16.1 Å². The van der Waals surface area contributed by atoms with E-state index in [9.17, 15) is 14.7 Å². The number of hydrogen-bond acceptors (Lipinski definition) is 5. The van der Waals surface area contributed by atoms with Crippen LogP contribution in [-0.2, 0) is 20.4 Å². The highest BCUT2D eigenvalue weighted by Crippen LogP contribution is 2.39. The summed E-state index contributed by atoms with van der Waals surface area (Å²) in [5.74, 6) is -2.10. The SMILES string of the molecule is CC(C)(C)c1cc(/C=N\N(CC(=O)O)CC(=O)O)cc(C(C)(C)C)c1O. The minimum Gasteiger partial charge on any atom is -0.507 e. The van der Waals surface area contributed by atoms with E-state index in [1.54, 1.807) is 12.1 Å². The first kappa shape index (κ1) is 21.5. The summed E-state index contributed by atoms with van der Waals surface area (Å²) in [6.07, 6.45) is 1.43. The summed E-state index contributed by atoms with van der Waals surface area (Å²) < 4.78 is 0. The Morgan fingerprint density at radius 2 is 1.35 bits per heavy atom. The van der Waals surface area contributed by atoms with Crippen molar-refractivity contribution in [2.75, 3.05) is 13.1 Å². The fourth-order valence-electron chi connectivity index (χ4n) is 2.47. The van der Waals surface area contributed by atoms with E-state index >= 15 is 0 Å². The van der Waals surface area contributed by atoms with Crippen LogP contribution in [0.5, 0.6) is 5.75 Å². The Kier molecular flexibility index (Phi) is 6.41. The number of benzene rings is 1. The van der Waals surface area contributed by atoms with E-state index in [2.05, 4.69) is 5.10 Å². The Labute approximate surface area is 154 Å². The van der Waals surface area contributed by atoms with Crippen LogP contribution in [-0.4, -0.2) is 51.6 Å². The molecule has 0 saturated heterocycles. The number of nitrogens with zero attached hydrogens (tertiary/aromatic N) is 2. The molecule has 0 heterocycles. The summed E-state index contributed by atoms with van der Waals surface area (Å²) in [7, 11) is 0. The van der Waals surface area contributed by atoms with Gasteiger partial charge in [0, 0.05) is 11.1 Å². The maximum Gasteiger partial charge on any atom is 0.324 e. The molecular weight excluding hydrogens is 336 g/mol. The average Bonchev–Trinajstić information content (AvgIpc) is 2.42. The Bertz CT molecular complexity index is 661. The third kappa shape index (κ3) is 6.06. The Hall–Kier alpha value is -2.57. The second-order valence-electron chi connectivity index (χ2n) is 8.32. The van der Waals surface area contributed by atoms with E-state index < -0.39 is 25.0 Å². The average molecular weight is 364 g/mol. The van der Waals surface area contributed by atoms with E-state index in [4.69, 9.17) is 10.2 Å². The van der Waals surface area contributed by atoms with Crippen LogP contribution in [0.25, 0.3) is 0 Å². The number of rotatable bonds is 6. The third-order valence-electron chi connectivity index (χ3n) is 3.75. The molecule has 26 heavy (non-hydrogen) atoms. The lowest BCUT2D eigenvalue weighted by Gasteiger charge is -2.27. The lowest BCUT2D eigenvalue weighted by molar-refractivity contribution is -0.141. The van der Waals surface area contributed by atoms with Crippen LogP contribution in [0.3, 0.4) is 0 Å². The number of aromatic hydroxyl groups is 1. The van der Waals surface area contributed by atoms with Gasteiger partial charge in [-0.15, -0.1) is 0 Å². The number of carboxylic acids is 2. The predicted octanol–water partition coefficient (Wildman–Crippen LogP) is 2.79. The summed E-state index contributed by atoms with van der Waals surface area (Å²) in [4.78, 5) is 21.8. The minimum absolute atomic E-state index is 0.232. The Morgan fingerprint density at radius 1 is 0.962 bits per heavy atom. The fourth-order valence-corrected chi connectivity index (χ4v) is 2.47. The highest BCUT2D eigenvalue weighted by atomic mass is 16.4. The predicted molar refractivity (Wildman–Crippen MR) is 99.9 cm³/mol. The van der Waals surface area contributed by atoms with E-state index in [1.807, 2.05) is 41.5 Å². The molecule has 1 rings (SSSR count). The van der Waals surface area contributed by atoms with Gasteiger partial charge in [-0.25, -0.2) is 0 Å². The molecule has 0 aliphatic rings. The molecule has 0 saturated carbocycles. The fraction of sp³-hybridized carbons (Fsp3) is 0.526. The molecule has 0 radical (unpaired) electrons. The molecule has 7 heteroatoms. The standard InChI is InChI=1S/C19H28N2O5/c1-18(2,3)13-7-12(8-14(17(13)26)19(4,5)6)9-20-21(10-15(22)23)11-16(24)25/h7-9,26H,10-11H2,1-6H3,(H,22,23)(H,24,25)/b20-9-. The van der Waals surface area contributed by atoms with Crippen molar-refractivity contribution in [3.05, 3.63) is 28.8 Å². The Morgan fingerprint density at radius 3 is 1.65 bits per heavy atom. The van der Waals surface area contributed by atoms with Crippen LogP contribution >= 0.6 is 0 Å².